The van der Waals surface area contributed by atoms with Crippen molar-refractivity contribution < 1.29 is 31.1 Å². The highest BCUT2D eigenvalue weighted by Gasteiger charge is 2.17. The van der Waals surface area contributed by atoms with Crippen molar-refractivity contribution in [1.82, 2.24) is 5.32 Å². The number of alkyl halides is 2. The molecule has 3 rings (SSSR count). The average molecular weight is 529 g/mol. The Labute approximate surface area is 207 Å². The monoisotopic (exact) mass is 528 g/mol. The summed E-state index contributed by atoms with van der Waals surface area (Å²) >= 11 is 0. The zero-order valence-electron chi connectivity index (χ0n) is 18.8. The second-order valence-corrected chi connectivity index (χ2v) is 9.45. The summed E-state index contributed by atoms with van der Waals surface area (Å²) in [5.74, 6) is -0.927. The van der Waals surface area contributed by atoms with Gasteiger partial charge in [0.25, 0.3) is 12.3 Å². The van der Waals surface area contributed by atoms with E-state index in [-0.39, 0.29) is 40.7 Å². The molecule has 0 saturated heterocycles. The van der Waals surface area contributed by atoms with Crippen LogP contribution in [0.25, 0.3) is 11.1 Å². The van der Waals surface area contributed by atoms with Gasteiger partial charge in [-0.2, -0.15) is 0 Å². The first-order valence-corrected chi connectivity index (χ1v) is 12.1. The van der Waals surface area contributed by atoms with Crippen molar-refractivity contribution in [2.75, 3.05) is 25.2 Å². The largest absolute Gasteiger partial charge is 0.495 e. The number of hydrogen-bond donors (Lipinski definition) is 2. The molecule has 3 aromatic carbocycles. The lowest BCUT2D eigenvalue weighted by Crippen LogP contribution is -2.21. The molecular formula is C24H24ClF3N2O4S. The van der Waals surface area contributed by atoms with E-state index < -0.39 is 34.5 Å². The van der Waals surface area contributed by atoms with Gasteiger partial charge in [-0.25, -0.2) is 21.6 Å². The number of anilines is 1. The zero-order chi connectivity index (χ0) is 24.9. The van der Waals surface area contributed by atoms with Gasteiger partial charge >= 0.3 is 0 Å². The third-order valence-corrected chi connectivity index (χ3v) is 6.10. The molecule has 0 aromatic heterocycles. The van der Waals surface area contributed by atoms with Gasteiger partial charge < -0.3 is 15.4 Å². The van der Waals surface area contributed by atoms with Crippen molar-refractivity contribution >= 4 is 33.8 Å². The van der Waals surface area contributed by atoms with Crippen molar-refractivity contribution in [3.05, 3.63) is 77.6 Å². The SMILES string of the molecule is COc1cc(NC(=O)c2ccc(-c3ccccc3F)c(CNCC(F)F)c2)ccc1S(C)(=O)=O.Cl. The van der Waals surface area contributed by atoms with Crippen LogP contribution in [-0.4, -0.2) is 40.7 Å². The molecule has 11 heteroatoms. The van der Waals surface area contributed by atoms with Crippen LogP contribution in [0.1, 0.15) is 15.9 Å². The minimum absolute atomic E-state index is 0. The third-order valence-electron chi connectivity index (χ3n) is 4.97. The molecule has 35 heavy (non-hydrogen) atoms. The maximum atomic E-state index is 14.4. The van der Waals surface area contributed by atoms with E-state index in [4.69, 9.17) is 4.74 Å². The zero-order valence-corrected chi connectivity index (χ0v) is 20.5. The van der Waals surface area contributed by atoms with Gasteiger partial charge in [0.2, 0.25) is 0 Å². The Kier molecular flexibility index (Phi) is 9.70. The Morgan fingerprint density at radius 3 is 2.37 bits per heavy atom. The van der Waals surface area contributed by atoms with Crippen molar-refractivity contribution in [1.29, 1.82) is 0 Å². The Morgan fingerprint density at radius 2 is 1.74 bits per heavy atom. The molecule has 0 atom stereocenters. The van der Waals surface area contributed by atoms with Gasteiger partial charge in [-0.15, -0.1) is 12.4 Å². The molecule has 0 aliphatic rings. The first kappa shape index (κ1) is 28.2. The predicted molar refractivity (Wildman–Crippen MR) is 131 cm³/mol. The van der Waals surface area contributed by atoms with E-state index in [1.54, 1.807) is 24.3 Å². The smallest absolute Gasteiger partial charge is 0.255 e. The molecule has 3 aromatic rings. The van der Waals surface area contributed by atoms with Crippen LogP contribution in [0.15, 0.2) is 65.6 Å². The van der Waals surface area contributed by atoms with E-state index >= 15 is 0 Å². The van der Waals surface area contributed by atoms with Crippen LogP contribution < -0.4 is 15.4 Å². The van der Waals surface area contributed by atoms with Crippen LogP contribution in [0, 0.1) is 5.82 Å². The summed E-state index contributed by atoms with van der Waals surface area (Å²) in [7, 11) is -2.21. The molecule has 2 N–H and O–H groups in total. The van der Waals surface area contributed by atoms with Crippen LogP contribution in [0.2, 0.25) is 0 Å². The number of methoxy groups -OCH3 is 1. The normalized spacial score (nSPS) is 11.1. The van der Waals surface area contributed by atoms with Gasteiger partial charge in [0, 0.05) is 35.7 Å². The number of hydrogen-bond acceptors (Lipinski definition) is 5. The number of halogens is 4. The number of nitrogens with one attached hydrogen (secondary N) is 2. The second-order valence-electron chi connectivity index (χ2n) is 7.47. The van der Waals surface area contributed by atoms with E-state index in [9.17, 15) is 26.4 Å². The molecular weight excluding hydrogens is 505 g/mol. The summed E-state index contributed by atoms with van der Waals surface area (Å²) in [4.78, 5) is 12.8. The number of carbonyl (C=O) groups is 1. The Bertz CT molecular complexity index is 1300. The van der Waals surface area contributed by atoms with Crippen LogP contribution in [0.3, 0.4) is 0 Å². The number of carbonyl (C=O) groups excluding carboxylic acids is 1. The molecule has 0 spiro atoms. The van der Waals surface area contributed by atoms with E-state index in [1.807, 2.05) is 0 Å². The fourth-order valence-electron chi connectivity index (χ4n) is 3.39. The number of ether oxygens (including phenoxy) is 1. The van der Waals surface area contributed by atoms with Crippen molar-refractivity contribution in [3.8, 4) is 16.9 Å². The quantitative estimate of drug-likeness (QED) is 0.411. The summed E-state index contributed by atoms with van der Waals surface area (Å²) in [6.45, 7) is -0.564. The van der Waals surface area contributed by atoms with Gasteiger partial charge in [0.15, 0.2) is 9.84 Å². The van der Waals surface area contributed by atoms with Crippen molar-refractivity contribution in [2.45, 2.75) is 17.9 Å². The highest BCUT2D eigenvalue weighted by molar-refractivity contribution is 7.90. The van der Waals surface area contributed by atoms with Crippen LogP contribution in [0.4, 0.5) is 18.9 Å². The number of amides is 1. The Balaban J connectivity index is 0.00000432. The molecule has 1 amide bonds. The van der Waals surface area contributed by atoms with Crippen molar-refractivity contribution in [3.63, 3.8) is 0 Å². The van der Waals surface area contributed by atoms with Gasteiger partial charge in [-0.1, -0.05) is 24.3 Å². The lowest BCUT2D eigenvalue weighted by molar-refractivity contribution is 0.102. The second kappa shape index (κ2) is 12.1. The fourth-order valence-corrected chi connectivity index (χ4v) is 4.22. The molecule has 6 nitrogen and oxygen atoms in total. The molecule has 0 unspecified atom stereocenters. The van der Waals surface area contributed by atoms with Crippen molar-refractivity contribution in [2.24, 2.45) is 0 Å². The van der Waals surface area contributed by atoms with Crippen LogP contribution in [0.5, 0.6) is 5.75 Å². The van der Waals surface area contributed by atoms with Gasteiger partial charge in [0.1, 0.15) is 16.5 Å². The van der Waals surface area contributed by atoms with E-state index in [1.165, 1.54) is 43.5 Å². The Hall–Kier alpha value is -3.08. The predicted octanol–water partition coefficient (Wildman–Crippen LogP) is 4.93. The average Bonchev–Trinajstić information content (AvgIpc) is 2.78. The minimum Gasteiger partial charge on any atom is -0.495 e. The number of rotatable bonds is 9. The van der Waals surface area contributed by atoms with Crippen LogP contribution in [-0.2, 0) is 16.4 Å². The summed E-state index contributed by atoms with van der Waals surface area (Å²) in [5.41, 5.74) is 1.72. The first-order chi connectivity index (χ1) is 16.1. The lowest BCUT2D eigenvalue weighted by Gasteiger charge is -2.14. The molecule has 188 valence electrons. The molecule has 0 aliphatic carbocycles. The molecule has 0 fully saturated rings. The maximum absolute atomic E-state index is 14.4. The number of sulfone groups is 1. The van der Waals surface area contributed by atoms with Gasteiger partial charge in [-0.05, 0) is 41.5 Å². The lowest BCUT2D eigenvalue weighted by atomic mass is 9.96. The molecule has 0 heterocycles. The minimum atomic E-state index is -3.53. The highest BCUT2D eigenvalue weighted by atomic mass is 35.5. The van der Waals surface area contributed by atoms with E-state index in [2.05, 4.69) is 10.6 Å². The fraction of sp³-hybridized carbons (Fsp3) is 0.208. The Morgan fingerprint density at radius 1 is 1.03 bits per heavy atom. The first-order valence-electron chi connectivity index (χ1n) is 10.2. The highest BCUT2D eigenvalue weighted by Crippen LogP contribution is 2.29. The molecule has 0 bridgehead atoms. The van der Waals surface area contributed by atoms with E-state index in [0.717, 1.165) is 6.26 Å². The van der Waals surface area contributed by atoms with E-state index in [0.29, 0.717) is 16.8 Å². The third kappa shape index (κ3) is 7.20. The summed E-state index contributed by atoms with van der Waals surface area (Å²) in [6.07, 6.45) is -1.52. The topological polar surface area (TPSA) is 84.5 Å². The van der Waals surface area contributed by atoms with Gasteiger partial charge in [0.05, 0.1) is 13.7 Å². The standard InChI is InChI=1S/C24H23F3N2O4S.ClH/c1-33-21-12-17(8-10-22(21)34(2,31)32)29-24(30)15-7-9-18(19-5-3-4-6-20(19)25)16(11-15)13-28-14-23(26)27;/h3-12,23,28H,13-14H2,1-2H3,(H,29,30);1H. The maximum Gasteiger partial charge on any atom is 0.255 e. The summed E-state index contributed by atoms with van der Waals surface area (Å²) in [5, 5.41) is 5.26. The number of benzene rings is 3. The van der Waals surface area contributed by atoms with Gasteiger partial charge in [-0.3, -0.25) is 4.79 Å². The van der Waals surface area contributed by atoms with Crippen LogP contribution >= 0.6 is 12.4 Å². The molecule has 0 aliphatic heterocycles. The summed E-state index contributed by atoms with van der Waals surface area (Å²) < 4.78 is 68.4. The summed E-state index contributed by atoms with van der Waals surface area (Å²) in [6, 6.07) is 14.7. The molecule has 0 saturated carbocycles. The molecule has 0 radical (unpaired) electrons.